The average molecular weight is 260 g/mol. The zero-order valence-electron chi connectivity index (χ0n) is 11.9. The molecular formula is C15H20N2O2. The highest BCUT2D eigenvalue weighted by atomic mass is 16.2. The Hall–Kier alpha value is -1.84. The number of fused-ring (bicyclic) bond motifs is 1. The summed E-state index contributed by atoms with van der Waals surface area (Å²) in [5.41, 5.74) is 3.05. The van der Waals surface area contributed by atoms with E-state index < -0.39 is 0 Å². The van der Waals surface area contributed by atoms with Crippen molar-refractivity contribution in [1.29, 1.82) is 0 Å². The van der Waals surface area contributed by atoms with E-state index in [1.54, 1.807) is 11.9 Å². The van der Waals surface area contributed by atoms with Crippen molar-refractivity contribution in [2.45, 2.75) is 32.6 Å². The molecule has 4 heteroatoms. The number of hydrogen-bond donors (Lipinski definition) is 1. The molecular weight excluding hydrogens is 240 g/mol. The van der Waals surface area contributed by atoms with Gasteiger partial charge in [0.05, 0.1) is 6.42 Å². The highest BCUT2D eigenvalue weighted by Gasteiger charge is 2.27. The molecule has 0 spiro atoms. The van der Waals surface area contributed by atoms with Gasteiger partial charge in [-0.05, 0) is 17.2 Å². The van der Waals surface area contributed by atoms with E-state index in [-0.39, 0.29) is 17.2 Å². The van der Waals surface area contributed by atoms with E-state index in [0.29, 0.717) is 13.0 Å². The molecule has 0 fully saturated rings. The van der Waals surface area contributed by atoms with E-state index in [9.17, 15) is 9.59 Å². The molecule has 19 heavy (non-hydrogen) atoms. The Balaban J connectivity index is 2.25. The minimum Gasteiger partial charge on any atom is -0.355 e. The van der Waals surface area contributed by atoms with Crippen LogP contribution in [0.15, 0.2) is 18.2 Å². The van der Waals surface area contributed by atoms with E-state index in [1.807, 2.05) is 12.1 Å². The molecule has 0 aliphatic carbocycles. The van der Waals surface area contributed by atoms with Gasteiger partial charge >= 0.3 is 0 Å². The maximum absolute atomic E-state index is 11.7. The Morgan fingerprint density at radius 1 is 1.42 bits per heavy atom. The first-order chi connectivity index (χ1) is 8.81. The molecule has 1 aromatic carbocycles. The van der Waals surface area contributed by atoms with Crippen LogP contribution in [0.4, 0.5) is 5.69 Å². The molecule has 4 nitrogen and oxygen atoms in total. The fourth-order valence-corrected chi connectivity index (χ4v) is 2.34. The molecule has 1 aliphatic heterocycles. The zero-order valence-corrected chi connectivity index (χ0v) is 11.9. The highest BCUT2D eigenvalue weighted by Crippen LogP contribution is 2.32. The SMILES string of the molecule is CC(=O)NCC(C)(C)c1ccc2c(c1)CC(=O)N2C. The maximum atomic E-state index is 11.7. The lowest BCUT2D eigenvalue weighted by atomic mass is 9.83. The smallest absolute Gasteiger partial charge is 0.231 e. The van der Waals surface area contributed by atoms with Crippen LogP contribution in [0.1, 0.15) is 31.9 Å². The molecule has 0 atom stereocenters. The van der Waals surface area contributed by atoms with Gasteiger partial charge in [0.2, 0.25) is 11.8 Å². The van der Waals surface area contributed by atoms with E-state index in [1.165, 1.54) is 6.92 Å². The van der Waals surface area contributed by atoms with Crippen LogP contribution in [-0.2, 0) is 21.4 Å². The summed E-state index contributed by atoms with van der Waals surface area (Å²) in [6, 6.07) is 6.11. The quantitative estimate of drug-likeness (QED) is 0.897. The van der Waals surface area contributed by atoms with E-state index in [4.69, 9.17) is 0 Å². The number of carbonyl (C=O) groups excluding carboxylic acids is 2. The number of likely N-dealkylation sites (N-methyl/N-ethyl adjacent to an activating group) is 1. The lowest BCUT2D eigenvalue weighted by Crippen LogP contribution is -2.35. The number of rotatable bonds is 3. The predicted octanol–water partition coefficient (Wildman–Crippen LogP) is 1.62. The summed E-state index contributed by atoms with van der Waals surface area (Å²) in [5.74, 6) is 0.107. The average Bonchev–Trinajstić information content (AvgIpc) is 2.62. The standard InChI is InChI=1S/C15H20N2O2/c1-10(18)16-9-15(2,3)12-5-6-13-11(7-12)8-14(19)17(13)4/h5-7H,8-9H2,1-4H3,(H,16,18). The molecule has 0 saturated heterocycles. The third-order valence-electron chi connectivity index (χ3n) is 3.72. The van der Waals surface area contributed by atoms with Crippen LogP contribution in [0.2, 0.25) is 0 Å². The first-order valence-electron chi connectivity index (χ1n) is 6.45. The van der Waals surface area contributed by atoms with Crippen LogP contribution in [0.5, 0.6) is 0 Å². The Morgan fingerprint density at radius 2 is 2.11 bits per heavy atom. The molecule has 1 aromatic rings. The van der Waals surface area contributed by atoms with Gasteiger partial charge in [0.1, 0.15) is 0 Å². The van der Waals surface area contributed by atoms with Crippen molar-refractivity contribution in [3.8, 4) is 0 Å². The van der Waals surface area contributed by atoms with Gasteiger partial charge in [0, 0.05) is 31.6 Å². The second kappa shape index (κ2) is 4.68. The fourth-order valence-electron chi connectivity index (χ4n) is 2.34. The highest BCUT2D eigenvalue weighted by molar-refractivity contribution is 6.00. The summed E-state index contributed by atoms with van der Waals surface area (Å²) in [6.45, 7) is 6.29. The lowest BCUT2D eigenvalue weighted by Gasteiger charge is -2.26. The molecule has 1 heterocycles. The Morgan fingerprint density at radius 3 is 2.74 bits per heavy atom. The van der Waals surface area contributed by atoms with Crippen LogP contribution in [0.25, 0.3) is 0 Å². The normalized spacial score (nSPS) is 14.5. The maximum Gasteiger partial charge on any atom is 0.231 e. The number of nitrogens with one attached hydrogen (secondary N) is 1. The van der Waals surface area contributed by atoms with Crippen LogP contribution in [0.3, 0.4) is 0 Å². The lowest BCUT2D eigenvalue weighted by molar-refractivity contribution is -0.119. The van der Waals surface area contributed by atoms with E-state index in [2.05, 4.69) is 25.2 Å². The third-order valence-corrected chi connectivity index (χ3v) is 3.72. The van der Waals surface area contributed by atoms with Crippen molar-refractivity contribution < 1.29 is 9.59 Å². The van der Waals surface area contributed by atoms with Crippen LogP contribution >= 0.6 is 0 Å². The van der Waals surface area contributed by atoms with E-state index in [0.717, 1.165) is 16.8 Å². The molecule has 2 rings (SSSR count). The van der Waals surface area contributed by atoms with Crippen molar-refractivity contribution in [1.82, 2.24) is 5.32 Å². The predicted molar refractivity (Wildman–Crippen MR) is 75.3 cm³/mol. The molecule has 0 aromatic heterocycles. The number of anilines is 1. The number of hydrogen-bond acceptors (Lipinski definition) is 2. The summed E-state index contributed by atoms with van der Waals surface area (Å²) >= 11 is 0. The van der Waals surface area contributed by atoms with Crippen molar-refractivity contribution >= 4 is 17.5 Å². The number of benzene rings is 1. The number of amides is 2. The summed E-state index contributed by atoms with van der Waals surface area (Å²) in [5, 5.41) is 2.85. The minimum atomic E-state index is -0.148. The molecule has 1 aliphatic rings. The van der Waals surface area contributed by atoms with Gasteiger partial charge in [-0.15, -0.1) is 0 Å². The summed E-state index contributed by atoms with van der Waals surface area (Å²) in [6.07, 6.45) is 0.468. The van der Waals surface area contributed by atoms with Gasteiger partial charge in [0.25, 0.3) is 0 Å². The van der Waals surface area contributed by atoms with Crippen molar-refractivity contribution in [3.63, 3.8) is 0 Å². The number of carbonyl (C=O) groups is 2. The van der Waals surface area contributed by atoms with Gasteiger partial charge < -0.3 is 10.2 Å². The molecule has 0 saturated carbocycles. The molecule has 2 amide bonds. The van der Waals surface area contributed by atoms with Crippen LogP contribution in [-0.4, -0.2) is 25.4 Å². The first kappa shape index (κ1) is 13.6. The van der Waals surface area contributed by atoms with Crippen LogP contribution < -0.4 is 10.2 Å². The van der Waals surface area contributed by atoms with Crippen molar-refractivity contribution in [2.24, 2.45) is 0 Å². The monoisotopic (exact) mass is 260 g/mol. The van der Waals surface area contributed by atoms with Gasteiger partial charge in [0.15, 0.2) is 0 Å². The van der Waals surface area contributed by atoms with Gasteiger partial charge in [-0.1, -0.05) is 26.0 Å². The zero-order chi connectivity index (χ0) is 14.2. The minimum absolute atomic E-state index is 0.0239. The Kier molecular flexibility index (Phi) is 3.35. The summed E-state index contributed by atoms with van der Waals surface area (Å²) < 4.78 is 0. The summed E-state index contributed by atoms with van der Waals surface area (Å²) in [4.78, 5) is 24.4. The van der Waals surface area contributed by atoms with Gasteiger partial charge in [-0.2, -0.15) is 0 Å². The van der Waals surface area contributed by atoms with Crippen molar-refractivity contribution in [3.05, 3.63) is 29.3 Å². The second-order valence-electron chi connectivity index (χ2n) is 5.77. The largest absolute Gasteiger partial charge is 0.355 e. The second-order valence-corrected chi connectivity index (χ2v) is 5.77. The van der Waals surface area contributed by atoms with Gasteiger partial charge in [-0.25, -0.2) is 0 Å². The molecule has 1 N–H and O–H groups in total. The topological polar surface area (TPSA) is 49.4 Å². The van der Waals surface area contributed by atoms with Crippen LogP contribution in [0, 0.1) is 0 Å². The molecule has 0 bridgehead atoms. The first-order valence-corrected chi connectivity index (χ1v) is 6.45. The Labute approximate surface area is 113 Å². The molecule has 0 unspecified atom stereocenters. The fraction of sp³-hybridized carbons (Fsp3) is 0.467. The van der Waals surface area contributed by atoms with Gasteiger partial charge in [-0.3, -0.25) is 9.59 Å². The summed E-state index contributed by atoms with van der Waals surface area (Å²) in [7, 11) is 1.80. The molecule has 0 radical (unpaired) electrons. The third kappa shape index (κ3) is 2.62. The van der Waals surface area contributed by atoms with E-state index >= 15 is 0 Å². The molecule has 102 valence electrons. The Bertz CT molecular complexity index is 535. The number of nitrogens with zero attached hydrogens (tertiary/aromatic N) is 1. The van der Waals surface area contributed by atoms with Crippen molar-refractivity contribution in [2.75, 3.05) is 18.5 Å².